The van der Waals surface area contributed by atoms with Gasteiger partial charge in [0.1, 0.15) is 11.6 Å². The van der Waals surface area contributed by atoms with E-state index in [1.54, 1.807) is 42.3 Å². The Morgan fingerprint density at radius 1 is 1.17 bits per heavy atom. The number of anilines is 1. The van der Waals surface area contributed by atoms with E-state index in [4.69, 9.17) is 9.47 Å². The van der Waals surface area contributed by atoms with Gasteiger partial charge in [0.2, 0.25) is 11.8 Å². The topological polar surface area (TPSA) is 67.9 Å². The summed E-state index contributed by atoms with van der Waals surface area (Å²) in [7, 11) is 1.59. The van der Waals surface area contributed by atoms with Crippen LogP contribution in [0.5, 0.6) is 5.75 Å². The van der Waals surface area contributed by atoms with Crippen molar-refractivity contribution in [2.24, 2.45) is 0 Å². The number of methoxy groups -OCH3 is 1. The molecule has 30 heavy (non-hydrogen) atoms. The van der Waals surface area contributed by atoms with Crippen molar-refractivity contribution >= 4 is 17.5 Å². The van der Waals surface area contributed by atoms with Gasteiger partial charge in [0.15, 0.2) is 0 Å². The first-order valence-corrected chi connectivity index (χ1v) is 10.1. The van der Waals surface area contributed by atoms with Crippen LogP contribution in [0.15, 0.2) is 48.5 Å². The van der Waals surface area contributed by atoms with Crippen molar-refractivity contribution in [2.45, 2.75) is 30.7 Å². The maximum Gasteiger partial charge on any atom is 0.231 e. The van der Waals surface area contributed by atoms with Crippen LogP contribution >= 0.6 is 0 Å². The number of rotatable bonds is 5. The number of amides is 2. The summed E-state index contributed by atoms with van der Waals surface area (Å²) >= 11 is 0. The number of nitrogens with one attached hydrogen (secondary N) is 1. The summed E-state index contributed by atoms with van der Waals surface area (Å²) in [5.74, 6) is 0.0150. The predicted molar refractivity (Wildman–Crippen MR) is 110 cm³/mol. The van der Waals surface area contributed by atoms with Crippen LogP contribution in [0, 0.1) is 5.82 Å². The van der Waals surface area contributed by atoms with Gasteiger partial charge in [-0.25, -0.2) is 4.39 Å². The minimum Gasteiger partial charge on any atom is -0.497 e. The summed E-state index contributed by atoms with van der Waals surface area (Å²) in [6, 6.07) is 13.3. The van der Waals surface area contributed by atoms with E-state index in [-0.39, 0.29) is 24.3 Å². The van der Waals surface area contributed by atoms with E-state index in [0.717, 1.165) is 5.69 Å². The molecule has 1 atom stereocenters. The van der Waals surface area contributed by atoms with Crippen molar-refractivity contribution in [1.82, 2.24) is 5.32 Å². The maximum atomic E-state index is 14.6. The first kappa shape index (κ1) is 20.3. The van der Waals surface area contributed by atoms with E-state index < -0.39 is 11.2 Å². The summed E-state index contributed by atoms with van der Waals surface area (Å²) in [6.45, 7) is 1.16. The SMILES string of the molecule is COc1ccc(N2C[C@H](NC(=O)C3(c4ccccc4F)CCOCC3)CC2=O)cc1. The normalized spacial score (nSPS) is 20.8. The number of hydrogen-bond donors (Lipinski definition) is 1. The molecule has 0 aliphatic carbocycles. The van der Waals surface area contributed by atoms with Gasteiger partial charge in [0.05, 0.1) is 18.6 Å². The number of benzene rings is 2. The van der Waals surface area contributed by atoms with Crippen molar-refractivity contribution in [3.8, 4) is 5.75 Å². The lowest BCUT2D eigenvalue weighted by Gasteiger charge is -2.37. The average molecular weight is 412 g/mol. The van der Waals surface area contributed by atoms with Gasteiger partial charge in [-0.1, -0.05) is 18.2 Å². The lowest BCUT2D eigenvalue weighted by atomic mass is 9.73. The van der Waals surface area contributed by atoms with Crippen molar-refractivity contribution in [3.63, 3.8) is 0 Å². The second-order valence-electron chi connectivity index (χ2n) is 7.75. The van der Waals surface area contributed by atoms with Crippen LogP contribution in [0.4, 0.5) is 10.1 Å². The van der Waals surface area contributed by atoms with Crippen molar-refractivity contribution in [1.29, 1.82) is 0 Å². The van der Waals surface area contributed by atoms with Crippen molar-refractivity contribution in [2.75, 3.05) is 31.8 Å². The fourth-order valence-electron chi connectivity index (χ4n) is 4.33. The molecule has 2 heterocycles. The Labute approximate surface area is 175 Å². The lowest BCUT2D eigenvalue weighted by molar-refractivity contribution is -0.131. The minimum absolute atomic E-state index is 0.0580. The zero-order valence-corrected chi connectivity index (χ0v) is 16.9. The van der Waals surface area contributed by atoms with Gasteiger partial charge >= 0.3 is 0 Å². The van der Waals surface area contributed by atoms with E-state index >= 15 is 0 Å². The van der Waals surface area contributed by atoms with Gasteiger partial charge in [-0.2, -0.15) is 0 Å². The zero-order chi connectivity index (χ0) is 21.1. The number of halogens is 1. The third kappa shape index (κ3) is 3.77. The fraction of sp³-hybridized carbons (Fsp3) is 0.391. The van der Waals surface area contributed by atoms with Crippen molar-refractivity contribution in [3.05, 3.63) is 59.9 Å². The fourth-order valence-corrected chi connectivity index (χ4v) is 4.33. The molecular weight excluding hydrogens is 387 g/mol. The number of ether oxygens (including phenoxy) is 2. The summed E-state index contributed by atoms with van der Waals surface area (Å²) in [4.78, 5) is 27.6. The highest BCUT2D eigenvalue weighted by Crippen LogP contribution is 2.37. The lowest BCUT2D eigenvalue weighted by Crippen LogP contribution is -2.51. The number of carbonyl (C=O) groups excluding carboxylic acids is 2. The largest absolute Gasteiger partial charge is 0.497 e. The molecule has 7 heteroatoms. The van der Waals surface area contributed by atoms with Crippen molar-refractivity contribution < 1.29 is 23.5 Å². The average Bonchev–Trinajstić information content (AvgIpc) is 3.14. The number of carbonyl (C=O) groups is 2. The molecule has 4 rings (SSSR count). The van der Waals surface area contributed by atoms with E-state index in [1.807, 2.05) is 12.1 Å². The Hall–Kier alpha value is -2.93. The van der Waals surface area contributed by atoms with E-state index in [2.05, 4.69) is 5.32 Å². The molecule has 2 fully saturated rings. The third-order valence-corrected chi connectivity index (χ3v) is 6.01. The Kier molecular flexibility index (Phi) is 5.72. The number of hydrogen-bond acceptors (Lipinski definition) is 4. The Bertz CT molecular complexity index is 925. The highest BCUT2D eigenvalue weighted by molar-refractivity contribution is 5.97. The van der Waals surface area contributed by atoms with E-state index in [9.17, 15) is 14.0 Å². The molecule has 158 valence electrons. The Morgan fingerprint density at radius 2 is 1.87 bits per heavy atom. The van der Waals surface area contributed by atoms with Crippen LogP contribution in [0.25, 0.3) is 0 Å². The standard InChI is InChI=1S/C23H25FN2O4/c1-29-18-8-6-17(7-9-18)26-15-16(14-21(26)27)25-22(28)23(10-12-30-13-11-23)19-4-2-3-5-20(19)24/h2-9,16H,10-15H2,1H3,(H,25,28)/t16-/m1/s1. The maximum absolute atomic E-state index is 14.6. The van der Waals surface area contributed by atoms with Gasteiger partial charge < -0.3 is 19.7 Å². The molecule has 1 N–H and O–H groups in total. The molecule has 2 aliphatic heterocycles. The van der Waals surface area contributed by atoms with Crippen LogP contribution in [-0.2, 0) is 19.7 Å². The Balaban J connectivity index is 1.52. The van der Waals surface area contributed by atoms with Crippen LogP contribution in [-0.4, -0.2) is 44.7 Å². The van der Waals surface area contributed by atoms with Gasteiger partial charge in [-0.15, -0.1) is 0 Å². The molecule has 2 amide bonds. The molecule has 6 nitrogen and oxygen atoms in total. The first-order valence-electron chi connectivity index (χ1n) is 10.1. The zero-order valence-electron chi connectivity index (χ0n) is 16.9. The first-order chi connectivity index (χ1) is 14.5. The molecule has 0 saturated carbocycles. The van der Waals surface area contributed by atoms with Gasteiger partial charge in [0.25, 0.3) is 0 Å². The molecule has 2 saturated heterocycles. The minimum atomic E-state index is -0.986. The van der Waals surface area contributed by atoms with Gasteiger partial charge in [-0.05, 0) is 43.2 Å². The third-order valence-electron chi connectivity index (χ3n) is 6.01. The van der Waals surface area contributed by atoms with Gasteiger partial charge in [-0.3, -0.25) is 9.59 Å². The second kappa shape index (κ2) is 8.44. The molecule has 0 radical (unpaired) electrons. The molecule has 0 bridgehead atoms. The van der Waals surface area contributed by atoms with Crippen LogP contribution in [0.3, 0.4) is 0 Å². The summed E-state index contributed by atoms with van der Waals surface area (Å²) < 4.78 is 25.2. The number of nitrogens with zero attached hydrogens (tertiary/aromatic N) is 1. The summed E-state index contributed by atoms with van der Waals surface area (Å²) in [5.41, 5.74) is 0.162. The smallest absolute Gasteiger partial charge is 0.231 e. The summed E-state index contributed by atoms with van der Waals surface area (Å²) in [6.07, 6.45) is 1.02. The highest BCUT2D eigenvalue weighted by Gasteiger charge is 2.45. The molecule has 0 unspecified atom stereocenters. The molecule has 0 aromatic heterocycles. The highest BCUT2D eigenvalue weighted by atomic mass is 19.1. The summed E-state index contributed by atoms with van der Waals surface area (Å²) in [5, 5.41) is 3.02. The van der Waals surface area contributed by atoms with Crippen LogP contribution in [0.1, 0.15) is 24.8 Å². The Morgan fingerprint density at radius 3 is 2.53 bits per heavy atom. The van der Waals surface area contributed by atoms with Crippen LogP contribution in [0.2, 0.25) is 0 Å². The van der Waals surface area contributed by atoms with E-state index in [1.165, 1.54) is 6.07 Å². The van der Waals surface area contributed by atoms with E-state index in [0.29, 0.717) is 43.9 Å². The molecule has 2 aromatic rings. The molecule has 2 aromatic carbocycles. The predicted octanol–water partition coefficient (Wildman–Crippen LogP) is 2.80. The van der Waals surface area contributed by atoms with Crippen LogP contribution < -0.4 is 15.0 Å². The monoisotopic (exact) mass is 412 g/mol. The quantitative estimate of drug-likeness (QED) is 0.820. The van der Waals surface area contributed by atoms with Gasteiger partial charge in [0, 0.05) is 37.4 Å². The molecular formula is C23H25FN2O4. The molecule has 0 spiro atoms. The second-order valence-corrected chi connectivity index (χ2v) is 7.75. The molecule has 2 aliphatic rings.